The van der Waals surface area contributed by atoms with Gasteiger partial charge in [0, 0.05) is 19.6 Å². The Morgan fingerprint density at radius 2 is 1.20 bits per heavy atom. The van der Waals surface area contributed by atoms with E-state index in [9.17, 15) is 9.59 Å². The van der Waals surface area contributed by atoms with Gasteiger partial charge in [-0.05, 0) is 58.0 Å². The Hall–Kier alpha value is -1.14. The van der Waals surface area contributed by atoms with Crippen LogP contribution in [0.3, 0.4) is 0 Å². The number of hydrogen-bond acceptors (Lipinski definition) is 6. The lowest BCUT2D eigenvalue weighted by Gasteiger charge is -2.35. The lowest BCUT2D eigenvalue weighted by atomic mass is 9.94. The van der Waals surface area contributed by atoms with Crippen molar-refractivity contribution < 1.29 is 23.8 Å². The van der Waals surface area contributed by atoms with Gasteiger partial charge >= 0.3 is 11.9 Å². The molecule has 0 spiro atoms. The molecule has 44 heavy (non-hydrogen) atoms. The maximum absolute atomic E-state index is 12.9. The molecule has 1 aliphatic rings. The molecule has 0 N–H and O–H groups in total. The molecule has 3 unspecified atom stereocenters. The van der Waals surface area contributed by atoms with Crippen LogP contribution in [0.25, 0.3) is 0 Å². The predicted molar refractivity (Wildman–Crippen MR) is 184 cm³/mol. The van der Waals surface area contributed by atoms with Gasteiger partial charge in [-0.25, -0.2) is 0 Å². The molecule has 0 aromatic carbocycles. The Bertz CT molecular complexity index is 672. The average Bonchev–Trinajstić information content (AvgIpc) is 3.02. The Morgan fingerprint density at radius 1 is 0.659 bits per heavy atom. The quantitative estimate of drug-likeness (QED) is 0.0586. The smallest absolute Gasteiger partial charge is 0.311 e. The molecule has 1 rings (SSSR count). The Balaban J connectivity index is 2.07. The maximum Gasteiger partial charge on any atom is 0.311 e. The summed E-state index contributed by atoms with van der Waals surface area (Å²) >= 11 is 0. The molecule has 0 radical (unpaired) electrons. The highest BCUT2D eigenvalue weighted by atomic mass is 16.5. The second-order valence-electron chi connectivity index (χ2n) is 13.6. The van der Waals surface area contributed by atoms with Gasteiger partial charge in [0.05, 0.1) is 25.2 Å². The van der Waals surface area contributed by atoms with Crippen molar-refractivity contribution in [2.45, 2.75) is 181 Å². The molecule has 6 nitrogen and oxygen atoms in total. The summed E-state index contributed by atoms with van der Waals surface area (Å²) in [6, 6.07) is 0. The minimum absolute atomic E-state index is 0.0167. The molecule has 1 fully saturated rings. The standard InChI is InChI=1S/C38H73NO5/c1-5-8-11-13-16-19-23-30-42-36-32-39(4)29-28-35(36)38(41)43-31-24-20-17-14-15-18-22-27-37(40)44-33-34(25-10-7-3)26-21-12-9-6-2/h34-36H,5-33H2,1-4H3. The van der Waals surface area contributed by atoms with Crippen LogP contribution in [0.15, 0.2) is 0 Å². The fourth-order valence-corrected chi connectivity index (χ4v) is 6.29. The molecule has 260 valence electrons. The molecule has 0 saturated carbocycles. The molecule has 0 amide bonds. The maximum atomic E-state index is 12.9. The summed E-state index contributed by atoms with van der Waals surface area (Å²) in [5, 5.41) is 0. The lowest BCUT2D eigenvalue weighted by Crippen LogP contribution is -2.47. The summed E-state index contributed by atoms with van der Waals surface area (Å²) in [7, 11) is 2.11. The minimum Gasteiger partial charge on any atom is -0.465 e. The Labute approximate surface area is 273 Å². The first-order chi connectivity index (χ1) is 21.5. The van der Waals surface area contributed by atoms with E-state index < -0.39 is 0 Å². The molecule has 0 aromatic heterocycles. The van der Waals surface area contributed by atoms with E-state index >= 15 is 0 Å². The number of piperidine rings is 1. The van der Waals surface area contributed by atoms with Crippen molar-refractivity contribution in [3.63, 3.8) is 0 Å². The first-order valence-corrected chi connectivity index (χ1v) is 19.1. The Kier molecular flexibility index (Phi) is 27.2. The second-order valence-corrected chi connectivity index (χ2v) is 13.6. The fourth-order valence-electron chi connectivity index (χ4n) is 6.29. The summed E-state index contributed by atoms with van der Waals surface area (Å²) in [5.41, 5.74) is 0. The van der Waals surface area contributed by atoms with E-state index in [1.54, 1.807) is 0 Å². The number of nitrogens with zero attached hydrogens (tertiary/aromatic N) is 1. The van der Waals surface area contributed by atoms with Crippen LogP contribution < -0.4 is 0 Å². The normalized spacial score (nSPS) is 17.9. The third-order valence-electron chi connectivity index (χ3n) is 9.33. The van der Waals surface area contributed by atoms with Gasteiger partial charge < -0.3 is 19.1 Å². The number of carbonyl (C=O) groups is 2. The van der Waals surface area contributed by atoms with Gasteiger partial charge in [-0.1, -0.05) is 130 Å². The molecule has 1 heterocycles. The van der Waals surface area contributed by atoms with Crippen LogP contribution >= 0.6 is 0 Å². The van der Waals surface area contributed by atoms with Gasteiger partial charge in [-0.3, -0.25) is 9.59 Å². The minimum atomic E-state index is -0.129. The predicted octanol–water partition coefficient (Wildman–Crippen LogP) is 10.1. The molecule has 6 heteroatoms. The molecule has 0 aliphatic carbocycles. The van der Waals surface area contributed by atoms with Crippen LogP contribution in [0.1, 0.15) is 175 Å². The van der Waals surface area contributed by atoms with Crippen LogP contribution in [-0.2, 0) is 23.8 Å². The van der Waals surface area contributed by atoms with E-state index in [2.05, 4.69) is 32.7 Å². The van der Waals surface area contributed by atoms with Crippen molar-refractivity contribution in [2.75, 3.05) is 40.0 Å². The number of rotatable bonds is 30. The van der Waals surface area contributed by atoms with Crippen LogP contribution in [0.4, 0.5) is 0 Å². The van der Waals surface area contributed by atoms with E-state index in [1.807, 2.05) is 0 Å². The zero-order valence-corrected chi connectivity index (χ0v) is 29.7. The molecule has 0 aromatic rings. The van der Waals surface area contributed by atoms with Crippen LogP contribution in [0, 0.1) is 11.8 Å². The lowest BCUT2D eigenvalue weighted by molar-refractivity contribution is -0.158. The molecule has 1 saturated heterocycles. The highest BCUT2D eigenvalue weighted by Gasteiger charge is 2.34. The van der Waals surface area contributed by atoms with Crippen molar-refractivity contribution in [1.82, 2.24) is 4.90 Å². The van der Waals surface area contributed by atoms with Crippen LogP contribution in [-0.4, -0.2) is 62.9 Å². The number of esters is 2. The van der Waals surface area contributed by atoms with Gasteiger partial charge in [-0.15, -0.1) is 0 Å². The summed E-state index contributed by atoms with van der Waals surface area (Å²) in [5.74, 6) is 0.323. The third-order valence-corrected chi connectivity index (χ3v) is 9.33. The number of ether oxygens (including phenoxy) is 3. The zero-order valence-electron chi connectivity index (χ0n) is 29.7. The second kappa shape index (κ2) is 29.3. The van der Waals surface area contributed by atoms with E-state index in [1.165, 1.54) is 96.3 Å². The summed E-state index contributed by atoms with van der Waals surface area (Å²) < 4.78 is 17.6. The molecular weight excluding hydrogens is 550 g/mol. The van der Waals surface area contributed by atoms with Crippen molar-refractivity contribution in [1.29, 1.82) is 0 Å². The molecule has 3 atom stereocenters. The highest BCUT2D eigenvalue weighted by Crippen LogP contribution is 2.23. The third kappa shape index (κ3) is 22.4. The van der Waals surface area contributed by atoms with E-state index in [0.717, 1.165) is 71.1 Å². The summed E-state index contributed by atoms with van der Waals surface area (Å²) in [6.07, 6.45) is 27.6. The number of likely N-dealkylation sites (N-methyl/N-ethyl adjacent to an activating group) is 1. The average molecular weight is 624 g/mol. The van der Waals surface area contributed by atoms with Gasteiger partial charge in [0.25, 0.3) is 0 Å². The summed E-state index contributed by atoms with van der Waals surface area (Å²) in [6.45, 7) is 10.3. The topological polar surface area (TPSA) is 65.1 Å². The van der Waals surface area contributed by atoms with Crippen LogP contribution in [0.5, 0.6) is 0 Å². The number of hydrogen-bond donors (Lipinski definition) is 0. The van der Waals surface area contributed by atoms with E-state index in [0.29, 0.717) is 25.6 Å². The first kappa shape index (κ1) is 40.9. The molecule has 0 bridgehead atoms. The SMILES string of the molecule is CCCCCCCCCOC1CN(C)CCC1C(=O)OCCCCCCCCCC(=O)OCC(CCCC)CCCCCC. The van der Waals surface area contributed by atoms with E-state index in [-0.39, 0.29) is 24.0 Å². The highest BCUT2D eigenvalue weighted by molar-refractivity contribution is 5.73. The van der Waals surface area contributed by atoms with Crippen molar-refractivity contribution in [2.24, 2.45) is 11.8 Å². The summed E-state index contributed by atoms with van der Waals surface area (Å²) in [4.78, 5) is 27.4. The van der Waals surface area contributed by atoms with Crippen LogP contribution in [0.2, 0.25) is 0 Å². The van der Waals surface area contributed by atoms with Crippen molar-refractivity contribution in [3.05, 3.63) is 0 Å². The largest absolute Gasteiger partial charge is 0.465 e. The monoisotopic (exact) mass is 624 g/mol. The van der Waals surface area contributed by atoms with E-state index in [4.69, 9.17) is 14.2 Å². The zero-order chi connectivity index (χ0) is 32.1. The number of unbranched alkanes of at least 4 members (excludes halogenated alkanes) is 16. The van der Waals surface area contributed by atoms with Gasteiger partial charge in [0.15, 0.2) is 0 Å². The molecule has 1 aliphatic heterocycles. The number of likely N-dealkylation sites (tertiary alicyclic amines) is 1. The van der Waals surface area contributed by atoms with Gasteiger partial charge in [-0.2, -0.15) is 0 Å². The first-order valence-electron chi connectivity index (χ1n) is 19.1. The molecular formula is C38H73NO5. The van der Waals surface area contributed by atoms with Gasteiger partial charge in [0.2, 0.25) is 0 Å². The fraction of sp³-hybridized carbons (Fsp3) is 0.947. The number of carbonyl (C=O) groups excluding carboxylic acids is 2. The Morgan fingerprint density at radius 3 is 1.86 bits per heavy atom. The van der Waals surface area contributed by atoms with Crippen molar-refractivity contribution >= 4 is 11.9 Å². The van der Waals surface area contributed by atoms with Crippen molar-refractivity contribution in [3.8, 4) is 0 Å². The van der Waals surface area contributed by atoms with Gasteiger partial charge in [0.1, 0.15) is 0 Å².